The summed E-state index contributed by atoms with van der Waals surface area (Å²) < 4.78 is 5.73. The first-order valence-corrected chi connectivity index (χ1v) is 9.57. The molecule has 3 heterocycles. The van der Waals surface area contributed by atoms with Gasteiger partial charge in [-0.3, -0.25) is 9.59 Å². The minimum atomic E-state index is -0.401. The van der Waals surface area contributed by atoms with Crippen LogP contribution >= 0.6 is 0 Å². The van der Waals surface area contributed by atoms with E-state index in [9.17, 15) is 9.59 Å². The predicted octanol–water partition coefficient (Wildman–Crippen LogP) is 3.05. The van der Waals surface area contributed by atoms with Gasteiger partial charge in [-0.15, -0.1) is 0 Å². The lowest BCUT2D eigenvalue weighted by Gasteiger charge is -2.37. The molecule has 6 heteroatoms. The third-order valence-electron chi connectivity index (χ3n) is 5.60. The van der Waals surface area contributed by atoms with Gasteiger partial charge in [-0.2, -0.15) is 0 Å². The average Bonchev–Trinajstić information content (AvgIpc) is 3.07. The molecule has 2 aromatic rings. The molecule has 1 N–H and O–H groups in total. The molecule has 1 atom stereocenters. The van der Waals surface area contributed by atoms with Crippen molar-refractivity contribution >= 4 is 22.9 Å². The van der Waals surface area contributed by atoms with Gasteiger partial charge in [-0.25, -0.2) is 4.98 Å². The molecule has 6 nitrogen and oxygen atoms in total. The Morgan fingerprint density at radius 3 is 2.92 bits per heavy atom. The van der Waals surface area contributed by atoms with E-state index in [1.807, 2.05) is 19.1 Å². The number of nitrogens with zero attached hydrogens (tertiary/aromatic N) is 2. The van der Waals surface area contributed by atoms with E-state index in [1.54, 1.807) is 11.0 Å². The van der Waals surface area contributed by atoms with Crippen LogP contribution in [0.2, 0.25) is 0 Å². The smallest absolute Gasteiger partial charge is 0.290 e. The molecule has 1 saturated carbocycles. The summed E-state index contributed by atoms with van der Waals surface area (Å²) in [4.78, 5) is 31.7. The van der Waals surface area contributed by atoms with Crippen LogP contribution in [0, 0.1) is 12.8 Å². The molecule has 26 heavy (non-hydrogen) atoms. The van der Waals surface area contributed by atoms with Crippen LogP contribution < -0.4 is 5.32 Å². The zero-order valence-electron chi connectivity index (χ0n) is 15.2. The molecule has 1 saturated heterocycles. The maximum absolute atomic E-state index is 13.1. The summed E-state index contributed by atoms with van der Waals surface area (Å²) in [5, 5.41) is 2.92. The number of fused-ring (bicyclic) bond motifs is 1. The summed E-state index contributed by atoms with van der Waals surface area (Å²) in [5.41, 5.74) is 2.16. The van der Waals surface area contributed by atoms with Gasteiger partial charge in [0.2, 0.25) is 5.91 Å². The molecule has 2 fully saturated rings. The number of carbonyl (C=O) groups is 2. The number of pyridine rings is 1. The van der Waals surface area contributed by atoms with E-state index in [0.29, 0.717) is 30.1 Å². The standard InChI is InChI=1S/C20H25N3O3/c1-13-7-8-17-15(22-13)12-18(26-17)20(25)23-10-9-21-19(24)16(23)11-14-5-3-2-4-6-14/h7-8,12,14,16H,2-6,9-11H2,1H3,(H,21,24). The highest BCUT2D eigenvalue weighted by molar-refractivity contribution is 5.98. The first kappa shape index (κ1) is 17.1. The molecule has 0 radical (unpaired) electrons. The monoisotopic (exact) mass is 355 g/mol. The van der Waals surface area contributed by atoms with Gasteiger partial charge in [-0.1, -0.05) is 32.1 Å². The lowest BCUT2D eigenvalue weighted by Crippen LogP contribution is -2.57. The summed E-state index contributed by atoms with van der Waals surface area (Å²) in [6, 6.07) is 4.98. The predicted molar refractivity (Wildman–Crippen MR) is 97.8 cm³/mol. The van der Waals surface area contributed by atoms with Crippen molar-refractivity contribution in [1.82, 2.24) is 15.2 Å². The van der Waals surface area contributed by atoms with E-state index in [0.717, 1.165) is 25.0 Å². The van der Waals surface area contributed by atoms with Crippen LogP contribution in [-0.4, -0.2) is 40.8 Å². The highest BCUT2D eigenvalue weighted by Crippen LogP contribution is 2.30. The molecule has 1 aliphatic heterocycles. The van der Waals surface area contributed by atoms with Crippen molar-refractivity contribution in [1.29, 1.82) is 0 Å². The highest BCUT2D eigenvalue weighted by atomic mass is 16.3. The maximum Gasteiger partial charge on any atom is 0.290 e. The number of hydrogen-bond acceptors (Lipinski definition) is 4. The highest BCUT2D eigenvalue weighted by Gasteiger charge is 2.36. The molecule has 0 spiro atoms. The molecule has 0 aromatic carbocycles. The minimum Gasteiger partial charge on any atom is -0.449 e. The lowest BCUT2D eigenvalue weighted by atomic mass is 9.84. The molecule has 0 bridgehead atoms. The van der Waals surface area contributed by atoms with Crippen molar-refractivity contribution in [2.45, 2.75) is 51.5 Å². The Bertz CT molecular complexity index is 823. The van der Waals surface area contributed by atoms with Gasteiger partial charge in [0, 0.05) is 24.8 Å². The van der Waals surface area contributed by atoms with E-state index < -0.39 is 6.04 Å². The summed E-state index contributed by atoms with van der Waals surface area (Å²) >= 11 is 0. The third-order valence-corrected chi connectivity index (χ3v) is 5.60. The van der Waals surface area contributed by atoms with Crippen LogP contribution in [0.15, 0.2) is 22.6 Å². The molecule has 4 rings (SSSR count). The van der Waals surface area contributed by atoms with Gasteiger partial charge >= 0.3 is 0 Å². The molecule has 2 aromatic heterocycles. The second-order valence-electron chi connectivity index (χ2n) is 7.49. The Labute approximate surface area is 152 Å². The second-order valence-corrected chi connectivity index (χ2v) is 7.49. The summed E-state index contributed by atoms with van der Waals surface area (Å²) in [5.74, 6) is 0.533. The van der Waals surface area contributed by atoms with E-state index in [2.05, 4.69) is 10.3 Å². The molecule has 138 valence electrons. The van der Waals surface area contributed by atoms with Crippen LogP contribution in [0.4, 0.5) is 0 Å². The average molecular weight is 355 g/mol. The summed E-state index contributed by atoms with van der Waals surface area (Å²) in [6.07, 6.45) is 6.78. The van der Waals surface area contributed by atoms with Gasteiger partial charge < -0.3 is 14.6 Å². The number of rotatable bonds is 3. The van der Waals surface area contributed by atoms with E-state index in [4.69, 9.17) is 4.42 Å². The number of aromatic nitrogens is 1. The number of furan rings is 1. The quantitative estimate of drug-likeness (QED) is 0.918. The molecular weight excluding hydrogens is 330 g/mol. The fourth-order valence-electron chi connectivity index (χ4n) is 4.20. The van der Waals surface area contributed by atoms with E-state index in [1.165, 1.54) is 19.3 Å². The summed E-state index contributed by atoms with van der Waals surface area (Å²) in [7, 11) is 0. The largest absolute Gasteiger partial charge is 0.449 e. The van der Waals surface area contributed by atoms with E-state index >= 15 is 0 Å². The SMILES string of the molecule is Cc1ccc2oc(C(=O)N3CCNC(=O)C3CC3CCCCC3)cc2n1. The molecular formula is C20H25N3O3. The first-order valence-electron chi connectivity index (χ1n) is 9.57. The van der Waals surface area contributed by atoms with Crippen molar-refractivity contribution in [3.63, 3.8) is 0 Å². The van der Waals surface area contributed by atoms with Gasteiger partial charge in [0.1, 0.15) is 11.6 Å². The summed E-state index contributed by atoms with van der Waals surface area (Å²) in [6.45, 7) is 2.91. The molecule has 1 unspecified atom stereocenters. The molecule has 2 amide bonds. The van der Waals surface area contributed by atoms with Gasteiger partial charge in [0.25, 0.3) is 5.91 Å². The Kier molecular flexibility index (Phi) is 4.66. The zero-order chi connectivity index (χ0) is 18.1. The number of nitrogens with one attached hydrogen (secondary N) is 1. The van der Waals surface area contributed by atoms with Gasteiger partial charge in [-0.05, 0) is 31.4 Å². The number of hydrogen-bond donors (Lipinski definition) is 1. The van der Waals surface area contributed by atoms with Crippen LogP contribution in [0.1, 0.15) is 54.8 Å². The Balaban J connectivity index is 1.57. The third kappa shape index (κ3) is 3.32. The van der Waals surface area contributed by atoms with Crippen molar-refractivity contribution in [2.75, 3.05) is 13.1 Å². The molecule has 1 aliphatic carbocycles. The minimum absolute atomic E-state index is 0.0414. The maximum atomic E-state index is 13.1. The van der Waals surface area contributed by atoms with Gasteiger partial charge in [0.15, 0.2) is 11.3 Å². The van der Waals surface area contributed by atoms with E-state index in [-0.39, 0.29) is 17.6 Å². The van der Waals surface area contributed by atoms with Crippen LogP contribution in [0.5, 0.6) is 0 Å². The van der Waals surface area contributed by atoms with Crippen LogP contribution in [-0.2, 0) is 4.79 Å². The number of amides is 2. The van der Waals surface area contributed by atoms with Gasteiger partial charge in [0.05, 0.1) is 0 Å². The van der Waals surface area contributed by atoms with Crippen molar-refractivity contribution in [2.24, 2.45) is 5.92 Å². The molecule has 2 aliphatic rings. The fourth-order valence-corrected chi connectivity index (χ4v) is 4.20. The van der Waals surface area contributed by atoms with Crippen molar-refractivity contribution < 1.29 is 14.0 Å². The normalized spacial score (nSPS) is 21.8. The fraction of sp³-hybridized carbons (Fsp3) is 0.550. The second kappa shape index (κ2) is 7.09. The Morgan fingerprint density at radius 1 is 1.31 bits per heavy atom. The Hall–Kier alpha value is -2.37. The Morgan fingerprint density at radius 2 is 2.12 bits per heavy atom. The first-order chi connectivity index (χ1) is 12.6. The lowest BCUT2D eigenvalue weighted by molar-refractivity contribution is -0.128. The number of aryl methyl sites for hydroxylation is 1. The number of carbonyl (C=O) groups excluding carboxylic acids is 2. The topological polar surface area (TPSA) is 75.4 Å². The van der Waals surface area contributed by atoms with Crippen molar-refractivity contribution in [3.05, 3.63) is 29.7 Å². The van der Waals surface area contributed by atoms with Crippen LogP contribution in [0.3, 0.4) is 0 Å². The zero-order valence-corrected chi connectivity index (χ0v) is 15.2. The van der Waals surface area contributed by atoms with Crippen LogP contribution in [0.25, 0.3) is 11.1 Å². The van der Waals surface area contributed by atoms with Crippen molar-refractivity contribution in [3.8, 4) is 0 Å². The number of piperazine rings is 1.